The fourth-order valence-electron chi connectivity index (χ4n) is 1.41. The zero-order valence-electron chi connectivity index (χ0n) is 10.6. The topological polar surface area (TPSA) is 88.3 Å². The van der Waals surface area contributed by atoms with Gasteiger partial charge < -0.3 is 15.0 Å². The first kappa shape index (κ1) is 14.0. The average molecular weight is 252 g/mol. The first-order valence-corrected chi connectivity index (χ1v) is 5.51. The summed E-state index contributed by atoms with van der Waals surface area (Å²) in [5.74, 6) is -0.870. The van der Waals surface area contributed by atoms with Crippen LogP contribution in [-0.4, -0.2) is 35.8 Å². The fraction of sp³-hybridized carbons (Fsp3) is 0.417. The molecule has 0 bridgehead atoms. The van der Waals surface area contributed by atoms with Gasteiger partial charge in [0.15, 0.2) is 5.78 Å². The Kier molecular flexibility index (Phi) is 4.65. The van der Waals surface area contributed by atoms with Gasteiger partial charge in [-0.2, -0.15) is 0 Å². The van der Waals surface area contributed by atoms with E-state index < -0.39 is 5.97 Å². The van der Waals surface area contributed by atoms with Crippen LogP contribution in [0.25, 0.3) is 0 Å². The van der Waals surface area contributed by atoms with Crippen molar-refractivity contribution >= 4 is 17.7 Å². The quantitative estimate of drug-likeness (QED) is 0.602. The number of amides is 1. The standard InChI is InChI=1S/C12H16N2O4/c1-7(4-11(16)18-3)14-12(17)10-5-9(6-13-10)8(2)15/h5-7,13H,4H2,1-3H3,(H,14,17). The van der Waals surface area contributed by atoms with Crippen molar-refractivity contribution in [1.29, 1.82) is 0 Å². The number of hydrogen-bond acceptors (Lipinski definition) is 4. The van der Waals surface area contributed by atoms with Gasteiger partial charge in [-0.25, -0.2) is 0 Å². The van der Waals surface area contributed by atoms with Gasteiger partial charge in [-0.05, 0) is 19.9 Å². The van der Waals surface area contributed by atoms with Crippen LogP contribution in [-0.2, 0) is 9.53 Å². The van der Waals surface area contributed by atoms with Crippen LogP contribution in [0, 0.1) is 0 Å². The Bertz CT molecular complexity index is 464. The lowest BCUT2D eigenvalue weighted by Gasteiger charge is -2.11. The van der Waals surface area contributed by atoms with Crippen molar-refractivity contribution in [3.8, 4) is 0 Å². The molecule has 1 rings (SSSR count). The number of nitrogens with one attached hydrogen (secondary N) is 2. The Morgan fingerprint density at radius 1 is 1.44 bits per heavy atom. The van der Waals surface area contributed by atoms with Crippen molar-refractivity contribution in [2.45, 2.75) is 26.3 Å². The molecule has 1 aromatic rings. The molecule has 1 unspecified atom stereocenters. The molecule has 0 aliphatic heterocycles. The number of hydrogen-bond donors (Lipinski definition) is 2. The molecule has 0 radical (unpaired) electrons. The summed E-state index contributed by atoms with van der Waals surface area (Å²) in [5, 5.41) is 2.63. The summed E-state index contributed by atoms with van der Waals surface area (Å²) in [4.78, 5) is 36.5. The maximum Gasteiger partial charge on any atom is 0.307 e. The summed E-state index contributed by atoms with van der Waals surface area (Å²) < 4.78 is 4.50. The summed E-state index contributed by atoms with van der Waals surface area (Å²) in [7, 11) is 1.29. The van der Waals surface area contributed by atoms with Crippen LogP contribution in [0.2, 0.25) is 0 Å². The van der Waals surface area contributed by atoms with Gasteiger partial charge in [-0.3, -0.25) is 14.4 Å². The SMILES string of the molecule is COC(=O)CC(C)NC(=O)c1cc(C(C)=O)c[nH]1. The van der Waals surface area contributed by atoms with Crippen LogP contribution in [0.4, 0.5) is 0 Å². The number of Topliss-reactive ketones (excluding diaryl/α,β-unsaturated/α-hetero) is 1. The minimum absolute atomic E-state index is 0.0997. The van der Waals surface area contributed by atoms with E-state index in [-0.39, 0.29) is 29.8 Å². The minimum Gasteiger partial charge on any atom is -0.469 e. The molecule has 0 saturated heterocycles. The molecule has 98 valence electrons. The minimum atomic E-state index is -0.390. The van der Waals surface area contributed by atoms with E-state index in [1.54, 1.807) is 6.92 Å². The van der Waals surface area contributed by atoms with Gasteiger partial charge in [-0.1, -0.05) is 0 Å². The number of aromatic nitrogens is 1. The van der Waals surface area contributed by atoms with E-state index >= 15 is 0 Å². The highest BCUT2D eigenvalue weighted by Crippen LogP contribution is 2.05. The normalized spacial score (nSPS) is 11.7. The lowest BCUT2D eigenvalue weighted by Crippen LogP contribution is -2.34. The molecule has 1 aromatic heterocycles. The van der Waals surface area contributed by atoms with Crippen LogP contribution in [0.5, 0.6) is 0 Å². The molecule has 18 heavy (non-hydrogen) atoms. The molecular weight excluding hydrogens is 236 g/mol. The van der Waals surface area contributed by atoms with Crippen LogP contribution < -0.4 is 5.32 Å². The zero-order valence-corrected chi connectivity index (χ0v) is 10.6. The van der Waals surface area contributed by atoms with Gasteiger partial charge in [-0.15, -0.1) is 0 Å². The van der Waals surface area contributed by atoms with Crippen molar-refractivity contribution in [2.75, 3.05) is 7.11 Å². The molecule has 2 N–H and O–H groups in total. The molecule has 0 spiro atoms. The molecule has 1 atom stereocenters. The van der Waals surface area contributed by atoms with Gasteiger partial charge >= 0.3 is 5.97 Å². The first-order valence-electron chi connectivity index (χ1n) is 5.51. The van der Waals surface area contributed by atoms with Crippen LogP contribution in [0.15, 0.2) is 12.3 Å². The summed E-state index contributed by atoms with van der Waals surface area (Å²) >= 11 is 0. The molecular formula is C12H16N2O4. The number of carbonyl (C=O) groups excluding carboxylic acids is 3. The molecule has 0 fully saturated rings. The third-order valence-electron chi connectivity index (χ3n) is 2.41. The third kappa shape index (κ3) is 3.73. The highest BCUT2D eigenvalue weighted by atomic mass is 16.5. The Labute approximate surface area is 105 Å². The lowest BCUT2D eigenvalue weighted by molar-refractivity contribution is -0.141. The van der Waals surface area contributed by atoms with Crippen molar-refractivity contribution < 1.29 is 19.1 Å². The summed E-state index contributed by atoms with van der Waals surface area (Å²) in [5.41, 5.74) is 0.734. The summed E-state index contributed by atoms with van der Waals surface area (Å²) in [6.07, 6.45) is 1.57. The smallest absolute Gasteiger partial charge is 0.307 e. The van der Waals surface area contributed by atoms with Gasteiger partial charge in [0.2, 0.25) is 0 Å². The second-order valence-corrected chi connectivity index (χ2v) is 4.01. The maximum absolute atomic E-state index is 11.8. The molecule has 6 nitrogen and oxygen atoms in total. The van der Waals surface area contributed by atoms with E-state index in [2.05, 4.69) is 15.0 Å². The van der Waals surface area contributed by atoms with Gasteiger partial charge in [0.1, 0.15) is 5.69 Å². The van der Waals surface area contributed by atoms with E-state index in [0.717, 1.165) is 0 Å². The maximum atomic E-state index is 11.8. The van der Waals surface area contributed by atoms with Gasteiger partial charge in [0, 0.05) is 17.8 Å². The number of carbonyl (C=O) groups is 3. The highest BCUT2D eigenvalue weighted by Gasteiger charge is 2.15. The van der Waals surface area contributed by atoms with E-state index in [9.17, 15) is 14.4 Å². The molecule has 0 saturated carbocycles. The number of H-pyrrole nitrogens is 1. The van der Waals surface area contributed by atoms with E-state index in [1.807, 2.05) is 0 Å². The van der Waals surface area contributed by atoms with Crippen molar-refractivity contribution in [3.63, 3.8) is 0 Å². The number of methoxy groups -OCH3 is 1. The van der Waals surface area contributed by atoms with E-state index in [4.69, 9.17) is 0 Å². The van der Waals surface area contributed by atoms with Gasteiger partial charge in [0.05, 0.1) is 13.5 Å². The Balaban J connectivity index is 2.59. The predicted octanol–water partition coefficient (Wildman–Crippen LogP) is 0.899. The van der Waals surface area contributed by atoms with E-state index in [0.29, 0.717) is 5.56 Å². The largest absolute Gasteiger partial charge is 0.469 e. The number of esters is 1. The zero-order chi connectivity index (χ0) is 13.7. The summed E-state index contributed by atoms with van der Waals surface area (Å²) in [6, 6.07) is 1.14. The van der Waals surface area contributed by atoms with Crippen molar-refractivity contribution in [3.05, 3.63) is 23.5 Å². The van der Waals surface area contributed by atoms with Crippen molar-refractivity contribution in [1.82, 2.24) is 10.3 Å². The Hall–Kier alpha value is -2.11. The fourth-order valence-corrected chi connectivity index (χ4v) is 1.41. The number of rotatable bonds is 5. The molecule has 0 aliphatic rings. The monoisotopic (exact) mass is 252 g/mol. The third-order valence-corrected chi connectivity index (χ3v) is 2.41. The van der Waals surface area contributed by atoms with Crippen LogP contribution >= 0.6 is 0 Å². The average Bonchev–Trinajstić information content (AvgIpc) is 2.77. The summed E-state index contributed by atoms with van der Waals surface area (Å²) in [6.45, 7) is 3.12. The second kappa shape index (κ2) is 6.00. The predicted molar refractivity (Wildman–Crippen MR) is 64.4 cm³/mol. The Morgan fingerprint density at radius 2 is 2.11 bits per heavy atom. The molecule has 0 aliphatic carbocycles. The second-order valence-electron chi connectivity index (χ2n) is 4.01. The number of aromatic amines is 1. The van der Waals surface area contributed by atoms with Crippen molar-refractivity contribution in [2.24, 2.45) is 0 Å². The highest BCUT2D eigenvalue weighted by molar-refractivity contribution is 5.99. The van der Waals surface area contributed by atoms with Gasteiger partial charge in [0.25, 0.3) is 5.91 Å². The number of ketones is 1. The molecule has 1 heterocycles. The first-order chi connectivity index (χ1) is 8.43. The van der Waals surface area contributed by atoms with Crippen LogP contribution in [0.3, 0.4) is 0 Å². The Morgan fingerprint density at radius 3 is 2.61 bits per heavy atom. The molecule has 0 aromatic carbocycles. The van der Waals surface area contributed by atoms with E-state index in [1.165, 1.54) is 26.3 Å². The molecule has 6 heteroatoms. The lowest BCUT2D eigenvalue weighted by atomic mass is 10.2. The van der Waals surface area contributed by atoms with Crippen LogP contribution in [0.1, 0.15) is 41.1 Å². The number of ether oxygens (including phenoxy) is 1. The molecule has 1 amide bonds.